The minimum absolute atomic E-state index is 0.259. The number of hydrogen-bond donors (Lipinski definition) is 2. The highest BCUT2D eigenvalue weighted by atomic mass is 32.1. The lowest BCUT2D eigenvalue weighted by Crippen LogP contribution is -2.50. The number of ether oxygens (including phenoxy) is 1. The molecule has 0 spiro atoms. The molecule has 2 N–H and O–H groups in total. The Labute approximate surface area is 324 Å². The van der Waals surface area contributed by atoms with E-state index in [1.807, 2.05) is 10.6 Å². The first kappa shape index (κ1) is 37.6. The maximum Gasteiger partial charge on any atom is 0.433 e. The summed E-state index contributed by atoms with van der Waals surface area (Å²) in [6.07, 6.45) is 5.64. The van der Waals surface area contributed by atoms with Gasteiger partial charge in [0.15, 0.2) is 0 Å². The molecule has 0 atom stereocenters. The first-order valence-corrected chi connectivity index (χ1v) is 19.6. The fourth-order valence-electron chi connectivity index (χ4n) is 8.17. The van der Waals surface area contributed by atoms with Crippen molar-refractivity contribution in [2.24, 2.45) is 5.92 Å². The lowest BCUT2D eigenvalue weighted by Gasteiger charge is -2.40. The SMILES string of the molecule is COc1cc2nc(C3CCC(CN(C)C4CCN(c5ccn6c(N7CCC(=O)NC7=O)cnc6c5)CC4)CC3)sc2cc1NC(=O)c1cccc(C(F)(F)F)n1. The third kappa shape index (κ3) is 7.74. The third-order valence-corrected chi connectivity index (χ3v) is 12.4. The molecule has 0 unspecified atom stereocenters. The van der Waals surface area contributed by atoms with Crippen LogP contribution in [-0.4, -0.2) is 88.5 Å². The minimum atomic E-state index is -4.66. The van der Waals surface area contributed by atoms with Crippen LogP contribution in [0.1, 0.15) is 72.1 Å². The normalized spacial score (nSPS) is 19.9. The summed E-state index contributed by atoms with van der Waals surface area (Å²) in [7, 11) is 3.72. The number of piperidine rings is 1. The van der Waals surface area contributed by atoms with Crippen molar-refractivity contribution < 1.29 is 32.3 Å². The van der Waals surface area contributed by atoms with Crippen molar-refractivity contribution in [1.82, 2.24) is 29.6 Å². The second-order valence-electron chi connectivity index (χ2n) is 14.8. The molecule has 4 aromatic heterocycles. The molecule has 2 aliphatic heterocycles. The van der Waals surface area contributed by atoms with Gasteiger partial charge in [-0.1, -0.05) is 6.07 Å². The van der Waals surface area contributed by atoms with E-state index in [0.29, 0.717) is 41.7 Å². The number of methoxy groups -OCH3 is 1. The van der Waals surface area contributed by atoms with E-state index in [2.05, 4.69) is 49.6 Å². The number of carbonyl (C=O) groups excluding carboxylic acids is 3. The number of nitrogens with zero attached hydrogens (tertiary/aromatic N) is 7. The van der Waals surface area contributed by atoms with Crippen molar-refractivity contribution >= 4 is 62.2 Å². The molecule has 294 valence electrons. The standard InChI is InChI=1S/C39H42F3N9O4S/c1-48(25-10-14-49(15-11-25)26-12-16-50-33(18-26)43-21-35(50)51-17-13-34(52)47-38(51)54)22-23-6-8-24(9-7-23)37-46-29-19-30(55-2)28(20-31(29)56-37)45-36(53)27-4-3-5-32(44-27)39(40,41)42/h3-5,12,16,18-21,23-25H,6-11,13-15,17,22H2,1-2H3,(H,45,53)(H,47,52,54). The van der Waals surface area contributed by atoms with Gasteiger partial charge in [0.05, 0.1) is 34.2 Å². The third-order valence-electron chi connectivity index (χ3n) is 11.2. The number of aromatic nitrogens is 4. The molecular weight excluding hydrogens is 748 g/mol. The summed E-state index contributed by atoms with van der Waals surface area (Å²) in [5.41, 5.74) is 1.49. The second-order valence-corrected chi connectivity index (χ2v) is 15.9. The Bertz CT molecular complexity index is 2280. The van der Waals surface area contributed by atoms with Gasteiger partial charge in [0.1, 0.15) is 28.6 Å². The first-order chi connectivity index (χ1) is 26.9. The molecule has 0 radical (unpaired) electrons. The number of amides is 4. The van der Waals surface area contributed by atoms with E-state index in [4.69, 9.17) is 9.72 Å². The van der Waals surface area contributed by atoms with Gasteiger partial charge in [-0.25, -0.2) is 19.7 Å². The molecule has 1 saturated carbocycles. The van der Waals surface area contributed by atoms with Gasteiger partial charge in [-0.3, -0.25) is 24.2 Å². The number of thiazole rings is 1. The Hall–Kier alpha value is -5.29. The molecular formula is C39H42F3N9O4S. The summed E-state index contributed by atoms with van der Waals surface area (Å²) >= 11 is 1.58. The van der Waals surface area contributed by atoms with E-state index in [1.54, 1.807) is 34.6 Å². The van der Waals surface area contributed by atoms with Crippen LogP contribution in [0.15, 0.2) is 54.9 Å². The minimum Gasteiger partial charge on any atom is -0.494 e. The van der Waals surface area contributed by atoms with Gasteiger partial charge in [0.25, 0.3) is 5.91 Å². The highest BCUT2D eigenvalue weighted by Gasteiger charge is 2.34. The monoisotopic (exact) mass is 789 g/mol. The Morgan fingerprint density at radius 1 is 1.04 bits per heavy atom. The average molecular weight is 790 g/mol. The number of rotatable bonds is 9. The summed E-state index contributed by atoms with van der Waals surface area (Å²) < 4.78 is 47.8. The highest BCUT2D eigenvalue weighted by Crippen LogP contribution is 2.42. The van der Waals surface area contributed by atoms with Crippen LogP contribution in [0.5, 0.6) is 5.75 Å². The Morgan fingerprint density at radius 2 is 1.82 bits per heavy atom. The quantitative estimate of drug-likeness (QED) is 0.163. The molecule has 6 heterocycles. The highest BCUT2D eigenvalue weighted by molar-refractivity contribution is 7.18. The number of halogens is 3. The number of anilines is 3. The number of imide groups is 1. The number of urea groups is 1. The number of fused-ring (bicyclic) bond motifs is 2. The Balaban J connectivity index is 0.833. The summed E-state index contributed by atoms with van der Waals surface area (Å²) in [5.74, 6) is 0.918. The van der Waals surface area contributed by atoms with Crippen molar-refractivity contribution in [3.63, 3.8) is 0 Å². The summed E-state index contributed by atoms with van der Waals surface area (Å²) in [6.45, 7) is 3.26. The van der Waals surface area contributed by atoms with Crippen LogP contribution in [0, 0.1) is 5.92 Å². The number of alkyl halides is 3. The smallest absolute Gasteiger partial charge is 0.433 e. The van der Waals surface area contributed by atoms with Gasteiger partial charge < -0.3 is 19.9 Å². The van der Waals surface area contributed by atoms with E-state index in [0.717, 1.165) is 96.9 Å². The first-order valence-electron chi connectivity index (χ1n) is 18.8. The van der Waals surface area contributed by atoms with E-state index < -0.39 is 23.8 Å². The van der Waals surface area contributed by atoms with Crippen LogP contribution >= 0.6 is 11.3 Å². The van der Waals surface area contributed by atoms with Crippen LogP contribution < -0.4 is 25.2 Å². The van der Waals surface area contributed by atoms with Gasteiger partial charge in [-0.15, -0.1) is 11.3 Å². The number of benzene rings is 1. The van der Waals surface area contributed by atoms with Gasteiger partial charge in [0.2, 0.25) is 5.91 Å². The average Bonchev–Trinajstić information content (AvgIpc) is 3.81. The molecule has 1 aromatic carbocycles. The summed E-state index contributed by atoms with van der Waals surface area (Å²) in [4.78, 5) is 56.4. The molecule has 3 aliphatic rings. The number of nitrogens with one attached hydrogen (secondary N) is 2. The van der Waals surface area contributed by atoms with Crippen molar-refractivity contribution in [3.8, 4) is 5.75 Å². The van der Waals surface area contributed by atoms with Gasteiger partial charge in [-0.2, -0.15) is 13.2 Å². The second kappa shape index (κ2) is 15.3. The van der Waals surface area contributed by atoms with Crippen molar-refractivity contribution in [2.45, 2.75) is 63.1 Å². The van der Waals surface area contributed by atoms with E-state index in [9.17, 15) is 27.6 Å². The molecule has 2 saturated heterocycles. The number of imidazole rings is 1. The van der Waals surface area contributed by atoms with E-state index in [-0.39, 0.29) is 18.0 Å². The lowest BCUT2D eigenvalue weighted by atomic mass is 9.82. The molecule has 4 amide bonds. The van der Waals surface area contributed by atoms with Crippen LogP contribution in [0.4, 0.5) is 35.2 Å². The number of hydrogen-bond acceptors (Lipinski definition) is 10. The number of pyridine rings is 2. The molecule has 3 fully saturated rings. The van der Waals surface area contributed by atoms with Gasteiger partial charge in [-0.05, 0) is 75.8 Å². The van der Waals surface area contributed by atoms with Crippen LogP contribution in [-0.2, 0) is 11.0 Å². The zero-order valence-electron chi connectivity index (χ0n) is 31.0. The molecule has 0 bridgehead atoms. The zero-order valence-corrected chi connectivity index (χ0v) is 31.8. The fourth-order valence-corrected chi connectivity index (χ4v) is 9.33. The molecule has 17 heteroatoms. The fraction of sp³-hybridized carbons (Fsp3) is 0.436. The van der Waals surface area contributed by atoms with E-state index >= 15 is 0 Å². The molecule has 5 aromatic rings. The van der Waals surface area contributed by atoms with Gasteiger partial charge in [0, 0.05) is 68.6 Å². The van der Waals surface area contributed by atoms with Crippen LogP contribution in [0.2, 0.25) is 0 Å². The van der Waals surface area contributed by atoms with Crippen molar-refractivity contribution in [1.29, 1.82) is 0 Å². The van der Waals surface area contributed by atoms with E-state index in [1.165, 1.54) is 13.2 Å². The largest absolute Gasteiger partial charge is 0.494 e. The number of carbonyl (C=O) groups is 3. The zero-order chi connectivity index (χ0) is 39.1. The maximum atomic E-state index is 13.2. The Kier molecular flexibility index (Phi) is 10.3. The molecule has 56 heavy (non-hydrogen) atoms. The lowest BCUT2D eigenvalue weighted by molar-refractivity contribution is -0.141. The van der Waals surface area contributed by atoms with Crippen LogP contribution in [0.3, 0.4) is 0 Å². The predicted molar refractivity (Wildman–Crippen MR) is 207 cm³/mol. The summed E-state index contributed by atoms with van der Waals surface area (Å²) in [5, 5.41) is 6.09. The van der Waals surface area contributed by atoms with Crippen LogP contribution in [0.25, 0.3) is 15.9 Å². The Morgan fingerprint density at radius 3 is 2.55 bits per heavy atom. The van der Waals surface area contributed by atoms with Gasteiger partial charge >= 0.3 is 12.2 Å². The topological polar surface area (TPSA) is 137 Å². The van der Waals surface area contributed by atoms with Crippen molar-refractivity contribution in [2.75, 3.05) is 55.5 Å². The maximum absolute atomic E-state index is 13.2. The predicted octanol–water partition coefficient (Wildman–Crippen LogP) is 6.94. The summed E-state index contributed by atoms with van der Waals surface area (Å²) in [6, 6.07) is 10.9. The molecule has 13 nitrogen and oxygen atoms in total. The molecule has 8 rings (SSSR count). The van der Waals surface area contributed by atoms with Crippen molar-refractivity contribution in [3.05, 3.63) is 71.3 Å². The molecule has 1 aliphatic carbocycles.